The summed E-state index contributed by atoms with van der Waals surface area (Å²) in [6.45, 7) is 2.76. The van der Waals surface area contributed by atoms with E-state index in [1.54, 1.807) is 0 Å². The van der Waals surface area contributed by atoms with Gasteiger partial charge < -0.3 is 4.74 Å². The van der Waals surface area contributed by atoms with Gasteiger partial charge in [-0.25, -0.2) is 4.79 Å². The van der Waals surface area contributed by atoms with Gasteiger partial charge in [0.15, 0.2) is 6.61 Å². The van der Waals surface area contributed by atoms with Crippen molar-refractivity contribution in [2.75, 3.05) is 6.61 Å². The molecule has 0 atom stereocenters. The maximum Gasteiger partial charge on any atom is 0.368 e. The van der Waals surface area contributed by atoms with Gasteiger partial charge in [0, 0.05) is 0 Å². The first-order valence-corrected chi connectivity index (χ1v) is 3.03. The van der Waals surface area contributed by atoms with Gasteiger partial charge in [-0.1, -0.05) is 5.92 Å². The lowest BCUT2D eigenvalue weighted by Gasteiger charge is -1.98. The van der Waals surface area contributed by atoms with Crippen molar-refractivity contribution in [2.45, 2.75) is 13.8 Å². The number of hydrogen-bond acceptors (Lipinski definition) is 2. The molecule has 0 amide bonds. The van der Waals surface area contributed by atoms with Crippen LogP contribution >= 0.6 is 0 Å². The van der Waals surface area contributed by atoms with Gasteiger partial charge in [0.05, 0.1) is 0 Å². The highest BCUT2D eigenvalue weighted by molar-refractivity contribution is 5.86. The van der Waals surface area contributed by atoms with Crippen molar-refractivity contribution in [3.63, 3.8) is 0 Å². The Balaban J connectivity index is 4.08. The molecule has 0 saturated carbocycles. The third-order valence-corrected chi connectivity index (χ3v) is 0.905. The van der Waals surface area contributed by atoms with Crippen LogP contribution in [0.15, 0.2) is 11.4 Å². The van der Waals surface area contributed by atoms with Gasteiger partial charge in [0.25, 0.3) is 0 Å². The van der Waals surface area contributed by atoms with Gasteiger partial charge in [-0.3, -0.25) is 0 Å². The summed E-state index contributed by atoms with van der Waals surface area (Å²) in [6.07, 6.45) is 4.79. The van der Waals surface area contributed by atoms with Crippen molar-refractivity contribution >= 4 is 5.97 Å². The van der Waals surface area contributed by atoms with E-state index in [2.05, 4.69) is 10.7 Å². The van der Waals surface area contributed by atoms with Crippen molar-refractivity contribution in [3.8, 4) is 12.3 Å². The van der Waals surface area contributed by atoms with E-state index >= 15 is 0 Å². The summed E-state index contributed by atoms with van der Waals surface area (Å²) in [6, 6.07) is 0. The van der Waals surface area contributed by atoms with Gasteiger partial charge in [-0.05, 0) is 19.4 Å². The van der Waals surface area contributed by atoms with Crippen LogP contribution in [0.3, 0.4) is 0 Å². The van der Waals surface area contributed by atoms with Crippen LogP contribution in [0.1, 0.15) is 13.8 Å². The predicted octanol–water partition coefficient (Wildman–Crippen LogP) is 1.43. The van der Waals surface area contributed by atoms with E-state index < -0.39 is 11.8 Å². The lowest BCUT2D eigenvalue weighted by atomic mass is 10.3. The minimum absolute atomic E-state index is 0.195. The third kappa shape index (κ3) is 3.41. The predicted molar refractivity (Wildman–Crippen MR) is 39.3 cm³/mol. The zero-order valence-corrected chi connectivity index (χ0v) is 6.48. The van der Waals surface area contributed by atoms with E-state index in [1.165, 1.54) is 13.8 Å². The van der Waals surface area contributed by atoms with E-state index in [1.807, 2.05) is 0 Å². The maximum atomic E-state index is 12.6. The number of ether oxygens (including phenoxy) is 1. The number of terminal acetylenes is 1. The maximum absolute atomic E-state index is 12.6. The Kier molecular flexibility index (Phi) is 3.97. The minimum atomic E-state index is -0.997. The lowest BCUT2D eigenvalue weighted by molar-refractivity contribution is -0.139. The molecule has 0 aliphatic heterocycles. The largest absolute Gasteiger partial charge is 0.447 e. The summed E-state index contributed by atoms with van der Waals surface area (Å²) >= 11 is 0. The Morgan fingerprint density at radius 2 is 2.18 bits per heavy atom. The van der Waals surface area contributed by atoms with E-state index in [0.29, 0.717) is 0 Å². The summed E-state index contributed by atoms with van der Waals surface area (Å²) in [4.78, 5) is 10.6. The molecule has 0 spiro atoms. The summed E-state index contributed by atoms with van der Waals surface area (Å²) in [7, 11) is 0. The molecule has 0 aromatic carbocycles. The Hall–Kier alpha value is -1.30. The fraction of sp³-hybridized carbons (Fsp3) is 0.375. The van der Waals surface area contributed by atoms with Crippen LogP contribution in [-0.2, 0) is 9.53 Å². The molecule has 0 unspecified atom stereocenters. The third-order valence-electron chi connectivity index (χ3n) is 0.905. The molecule has 3 heteroatoms. The van der Waals surface area contributed by atoms with Gasteiger partial charge in [0.1, 0.15) is 0 Å². The van der Waals surface area contributed by atoms with E-state index in [-0.39, 0.29) is 12.2 Å². The zero-order chi connectivity index (χ0) is 8.85. The molecule has 0 heterocycles. The van der Waals surface area contributed by atoms with E-state index in [0.717, 1.165) is 0 Å². The number of esters is 1. The van der Waals surface area contributed by atoms with Crippen molar-refractivity contribution in [1.82, 2.24) is 0 Å². The van der Waals surface area contributed by atoms with E-state index in [9.17, 15) is 9.18 Å². The highest BCUT2D eigenvalue weighted by atomic mass is 19.1. The van der Waals surface area contributed by atoms with E-state index in [4.69, 9.17) is 6.42 Å². The van der Waals surface area contributed by atoms with Crippen molar-refractivity contribution in [1.29, 1.82) is 0 Å². The Labute approximate surface area is 65.0 Å². The van der Waals surface area contributed by atoms with Crippen LogP contribution in [-0.4, -0.2) is 12.6 Å². The molecule has 0 fully saturated rings. The quantitative estimate of drug-likeness (QED) is 0.343. The van der Waals surface area contributed by atoms with Crippen LogP contribution in [0.2, 0.25) is 0 Å². The molecule has 0 N–H and O–H groups in total. The highest BCUT2D eigenvalue weighted by Gasteiger charge is 2.10. The van der Waals surface area contributed by atoms with Gasteiger partial charge >= 0.3 is 5.97 Å². The topological polar surface area (TPSA) is 26.3 Å². The molecule has 60 valence electrons. The second-order valence-electron chi connectivity index (χ2n) is 2.09. The monoisotopic (exact) mass is 156 g/mol. The van der Waals surface area contributed by atoms with Gasteiger partial charge in [-0.15, -0.1) is 6.42 Å². The molecule has 0 aliphatic rings. The summed E-state index contributed by atoms with van der Waals surface area (Å²) < 4.78 is 16.9. The first-order chi connectivity index (χ1) is 5.09. The molecular weight excluding hydrogens is 147 g/mol. The summed E-state index contributed by atoms with van der Waals surface area (Å²) in [5.41, 5.74) is 0.284. The molecule has 0 bridgehead atoms. The van der Waals surface area contributed by atoms with Crippen LogP contribution in [0, 0.1) is 12.3 Å². The Morgan fingerprint density at radius 1 is 1.64 bits per heavy atom. The average molecular weight is 156 g/mol. The Bertz CT molecular complexity index is 219. The fourth-order valence-corrected chi connectivity index (χ4v) is 0.375. The van der Waals surface area contributed by atoms with Crippen LogP contribution in [0.4, 0.5) is 4.39 Å². The van der Waals surface area contributed by atoms with Crippen molar-refractivity contribution < 1.29 is 13.9 Å². The molecule has 2 nitrogen and oxygen atoms in total. The van der Waals surface area contributed by atoms with Crippen LogP contribution < -0.4 is 0 Å². The van der Waals surface area contributed by atoms with Crippen molar-refractivity contribution in [2.24, 2.45) is 0 Å². The summed E-state index contributed by atoms with van der Waals surface area (Å²) in [5.74, 6) is 0.188. The fourth-order valence-electron chi connectivity index (χ4n) is 0.375. The molecule has 0 aliphatic carbocycles. The Morgan fingerprint density at radius 3 is 2.55 bits per heavy atom. The number of allylic oxidation sites excluding steroid dienone is 1. The highest BCUT2D eigenvalue weighted by Crippen LogP contribution is 2.05. The van der Waals surface area contributed by atoms with Crippen molar-refractivity contribution in [3.05, 3.63) is 11.4 Å². The molecule has 0 aromatic heterocycles. The molecule has 0 rings (SSSR count). The number of carbonyl (C=O) groups excluding carboxylic acids is 1. The molecular formula is C8H9FO2. The number of carbonyl (C=O) groups is 1. The average Bonchev–Trinajstić information content (AvgIpc) is 1.98. The second kappa shape index (κ2) is 4.51. The second-order valence-corrected chi connectivity index (χ2v) is 2.09. The smallest absolute Gasteiger partial charge is 0.368 e. The molecule has 0 saturated heterocycles. The standard InChI is InChI=1S/C8H9FO2/c1-4-5-11-8(10)7(9)6(2)3/h1H,5H2,2-3H3. The zero-order valence-electron chi connectivity index (χ0n) is 6.48. The first kappa shape index (κ1) is 9.70. The van der Waals surface area contributed by atoms with Crippen LogP contribution in [0.5, 0.6) is 0 Å². The molecule has 0 aromatic rings. The summed E-state index contributed by atoms with van der Waals surface area (Å²) in [5, 5.41) is 0. The first-order valence-electron chi connectivity index (χ1n) is 3.03. The minimum Gasteiger partial charge on any atom is -0.447 e. The lowest BCUT2D eigenvalue weighted by Crippen LogP contribution is -2.05. The molecule has 11 heavy (non-hydrogen) atoms. The SMILES string of the molecule is C#CCOC(=O)C(F)=C(C)C. The number of rotatable bonds is 2. The normalized spacial score (nSPS) is 8.18. The number of hydrogen-bond donors (Lipinski definition) is 0. The van der Waals surface area contributed by atoms with Gasteiger partial charge in [0.2, 0.25) is 5.83 Å². The van der Waals surface area contributed by atoms with Gasteiger partial charge in [-0.2, -0.15) is 4.39 Å². The van der Waals surface area contributed by atoms with Crippen LogP contribution in [0.25, 0.3) is 0 Å². The number of halogens is 1. The molecule has 0 radical (unpaired) electrons.